The van der Waals surface area contributed by atoms with E-state index in [1.165, 1.54) is 18.2 Å². The molecule has 1 amide bonds. The van der Waals surface area contributed by atoms with E-state index in [0.29, 0.717) is 19.4 Å². The van der Waals surface area contributed by atoms with Crippen LogP contribution in [0.4, 0.5) is 4.39 Å². The lowest BCUT2D eigenvalue weighted by molar-refractivity contribution is -0.137. The predicted molar refractivity (Wildman–Crippen MR) is 74.4 cm³/mol. The molecule has 0 saturated heterocycles. The molecule has 1 atom stereocenters. The van der Waals surface area contributed by atoms with Crippen LogP contribution >= 0.6 is 11.6 Å². The van der Waals surface area contributed by atoms with Crippen LogP contribution in [0.3, 0.4) is 0 Å². The monoisotopic (exact) mass is 301 g/mol. The molecule has 1 aromatic carbocycles. The molecule has 0 fully saturated rings. The number of aliphatic carboxylic acids is 1. The zero-order valence-electron chi connectivity index (χ0n) is 11.2. The Morgan fingerprint density at radius 2 is 2.10 bits per heavy atom. The SMILES string of the molecule is CC(CCNC(=O)c1cccc(Cl)c1F)CCC(=O)O. The van der Waals surface area contributed by atoms with Crippen LogP contribution in [0.2, 0.25) is 5.02 Å². The Labute approximate surface area is 121 Å². The summed E-state index contributed by atoms with van der Waals surface area (Å²) in [5.74, 6) is -1.90. The number of carboxylic acid groups (broad SMARTS) is 1. The van der Waals surface area contributed by atoms with Crippen LogP contribution in [0.25, 0.3) is 0 Å². The van der Waals surface area contributed by atoms with E-state index in [9.17, 15) is 14.0 Å². The lowest BCUT2D eigenvalue weighted by Gasteiger charge is -2.11. The molecule has 0 aliphatic rings. The van der Waals surface area contributed by atoms with Crippen molar-refractivity contribution in [2.75, 3.05) is 6.54 Å². The average Bonchev–Trinajstić information content (AvgIpc) is 2.39. The van der Waals surface area contributed by atoms with Gasteiger partial charge in [0.2, 0.25) is 0 Å². The van der Waals surface area contributed by atoms with Crippen molar-refractivity contribution in [2.45, 2.75) is 26.2 Å². The number of carbonyl (C=O) groups is 2. The number of benzene rings is 1. The second-order valence-electron chi connectivity index (χ2n) is 4.68. The molecule has 0 heterocycles. The molecule has 6 heteroatoms. The van der Waals surface area contributed by atoms with Gasteiger partial charge in [0.25, 0.3) is 5.91 Å². The first-order chi connectivity index (χ1) is 9.41. The maximum atomic E-state index is 13.6. The third-order valence-electron chi connectivity index (χ3n) is 2.97. The molecule has 1 rings (SSSR count). The normalized spacial score (nSPS) is 11.9. The Bertz CT molecular complexity index is 493. The van der Waals surface area contributed by atoms with Crippen LogP contribution < -0.4 is 5.32 Å². The van der Waals surface area contributed by atoms with Crippen LogP contribution in [0.1, 0.15) is 36.5 Å². The van der Waals surface area contributed by atoms with Crippen molar-refractivity contribution < 1.29 is 19.1 Å². The van der Waals surface area contributed by atoms with Gasteiger partial charge in [-0.2, -0.15) is 0 Å². The van der Waals surface area contributed by atoms with Gasteiger partial charge in [-0.25, -0.2) is 4.39 Å². The van der Waals surface area contributed by atoms with E-state index in [2.05, 4.69) is 5.32 Å². The predicted octanol–water partition coefficient (Wildman–Crippen LogP) is 3.10. The van der Waals surface area contributed by atoms with E-state index in [4.69, 9.17) is 16.7 Å². The Morgan fingerprint density at radius 3 is 2.75 bits per heavy atom. The van der Waals surface area contributed by atoms with Crippen LogP contribution in [-0.4, -0.2) is 23.5 Å². The largest absolute Gasteiger partial charge is 0.481 e. The minimum atomic E-state index is -0.832. The molecule has 0 aliphatic heterocycles. The third kappa shape index (κ3) is 5.17. The fraction of sp³-hybridized carbons (Fsp3) is 0.429. The van der Waals surface area contributed by atoms with E-state index < -0.39 is 17.7 Å². The van der Waals surface area contributed by atoms with Gasteiger partial charge < -0.3 is 10.4 Å². The quantitative estimate of drug-likeness (QED) is 0.813. The first-order valence-corrected chi connectivity index (χ1v) is 6.73. The minimum absolute atomic E-state index is 0.0873. The molecule has 0 aromatic heterocycles. The van der Waals surface area contributed by atoms with Gasteiger partial charge >= 0.3 is 5.97 Å². The number of carboxylic acids is 1. The third-order valence-corrected chi connectivity index (χ3v) is 3.26. The van der Waals surface area contributed by atoms with E-state index in [1.807, 2.05) is 6.92 Å². The van der Waals surface area contributed by atoms with Gasteiger partial charge in [0, 0.05) is 13.0 Å². The van der Waals surface area contributed by atoms with Gasteiger partial charge in [-0.15, -0.1) is 0 Å². The van der Waals surface area contributed by atoms with Crippen molar-refractivity contribution in [3.05, 3.63) is 34.6 Å². The summed E-state index contributed by atoms with van der Waals surface area (Å²) in [4.78, 5) is 22.2. The van der Waals surface area contributed by atoms with Crippen molar-refractivity contribution in [1.29, 1.82) is 0 Å². The van der Waals surface area contributed by atoms with Gasteiger partial charge in [0.05, 0.1) is 10.6 Å². The van der Waals surface area contributed by atoms with Crippen molar-refractivity contribution in [1.82, 2.24) is 5.32 Å². The molecule has 20 heavy (non-hydrogen) atoms. The van der Waals surface area contributed by atoms with Gasteiger partial charge in [0.15, 0.2) is 5.82 Å². The molecule has 0 spiro atoms. The van der Waals surface area contributed by atoms with Crippen molar-refractivity contribution in [3.8, 4) is 0 Å². The molecule has 0 bridgehead atoms. The van der Waals surface area contributed by atoms with Gasteiger partial charge in [-0.05, 0) is 30.9 Å². The van der Waals surface area contributed by atoms with Gasteiger partial charge in [0.1, 0.15) is 0 Å². The van der Waals surface area contributed by atoms with Crippen molar-refractivity contribution in [3.63, 3.8) is 0 Å². The highest BCUT2D eigenvalue weighted by Crippen LogP contribution is 2.17. The Morgan fingerprint density at radius 1 is 1.40 bits per heavy atom. The van der Waals surface area contributed by atoms with Crippen LogP contribution in [0.15, 0.2) is 18.2 Å². The summed E-state index contributed by atoms with van der Waals surface area (Å²) in [6.45, 7) is 2.28. The number of nitrogens with one attached hydrogen (secondary N) is 1. The summed E-state index contributed by atoms with van der Waals surface area (Å²) in [6, 6.07) is 4.25. The summed E-state index contributed by atoms with van der Waals surface area (Å²) in [6.07, 6.45) is 1.30. The Kier molecular flexibility index (Phi) is 6.45. The fourth-order valence-corrected chi connectivity index (χ4v) is 1.90. The number of halogens is 2. The second-order valence-corrected chi connectivity index (χ2v) is 5.09. The van der Waals surface area contributed by atoms with E-state index in [-0.39, 0.29) is 22.9 Å². The summed E-state index contributed by atoms with van der Waals surface area (Å²) in [5, 5.41) is 11.1. The van der Waals surface area contributed by atoms with Crippen molar-refractivity contribution in [2.24, 2.45) is 5.92 Å². The fourth-order valence-electron chi connectivity index (χ4n) is 1.72. The lowest BCUT2D eigenvalue weighted by Crippen LogP contribution is -2.26. The van der Waals surface area contributed by atoms with Gasteiger partial charge in [-0.3, -0.25) is 9.59 Å². The number of hydrogen-bond acceptors (Lipinski definition) is 2. The topological polar surface area (TPSA) is 66.4 Å². The first kappa shape index (κ1) is 16.4. The zero-order valence-corrected chi connectivity index (χ0v) is 11.9. The number of carbonyl (C=O) groups excluding carboxylic acids is 1. The smallest absolute Gasteiger partial charge is 0.303 e. The molecule has 1 unspecified atom stereocenters. The van der Waals surface area contributed by atoms with Crippen LogP contribution in [0, 0.1) is 11.7 Å². The van der Waals surface area contributed by atoms with Crippen molar-refractivity contribution >= 4 is 23.5 Å². The molecule has 2 N–H and O–H groups in total. The molecule has 0 aliphatic carbocycles. The van der Waals surface area contributed by atoms with Gasteiger partial charge in [-0.1, -0.05) is 24.6 Å². The zero-order chi connectivity index (χ0) is 15.1. The summed E-state index contributed by atoms with van der Waals surface area (Å²) in [5.41, 5.74) is -0.0873. The van der Waals surface area contributed by atoms with Crippen LogP contribution in [-0.2, 0) is 4.79 Å². The number of rotatable bonds is 7. The molecule has 110 valence electrons. The molecule has 0 saturated carbocycles. The minimum Gasteiger partial charge on any atom is -0.481 e. The maximum Gasteiger partial charge on any atom is 0.303 e. The highest BCUT2D eigenvalue weighted by Gasteiger charge is 2.14. The standard InChI is InChI=1S/C14H17ClFNO3/c1-9(5-6-12(18)19)7-8-17-14(20)10-3-2-4-11(15)13(10)16/h2-4,9H,5-8H2,1H3,(H,17,20)(H,18,19). The first-order valence-electron chi connectivity index (χ1n) is 6.35. The second kappa shape index (κ2) is 7.85. The molecule has 0 radical (unpaired) electrons. The maximum absolute atomic E-state index is 13.6. The Hall–Kier alpha value is -1.62. The summed E-state index contributed by atoms with van der Waals surface area (Å²) >= 11 is 5.60. The molecule has 4 nitrogen and oxygen atoms in total. The van der Waals surface area contributed by atoms with E-state index in [0.717, 1.165) is 0 Å². The molecule has 1 aromatic rings. The summed E-state index contributed by atoms with van der Waals surface area (Å²) < 4.78 is 13.6. The molecular formula is C14H17ClFNO3. The number of amides is 1. The average molecular weight is 302 g/mol. The van der Waals surface area contributed by atoms with Crippen LogP contribution in [0.5, 0.6) is 0 Å². The highest BCUT2D eigenvalue weighted by molar-refractivity contribution is 6.31. The Balaban J connectivity index is 2.40. The lowest BCUT2D eigenvalue weighted by atomic mass is 10.0. The number of hydrogen-bond donors (Lipinski definition) is 2. The van der Waals surface area contributed by atoms with E-state index >= 15 is 0 Å². The van der Waals surface area contributed by atoms with E-state index in [1.54, 1.807) is 0 Å². The summed E-state index contributed by atoms with van der Waals surface area (Å²) in [7, 11) is 0. The molecular weight excluding hydrogens is 285 g/mol. The highest BCUT2D eigenvalue weighted by atomic mass is 35.5.